The number of hydrogen-bond acceptors (Lipinski definition) is 7. The topological polar surface area (TPSA) is 72.6 Å². The van der Waals surface area contributed by atoms with E-state index in [-0.39, 0.29) is 17.0 Å². The Morgan fingerprint density at radius 2 is 1.87 bits per heavy atom. The monoisotopic (exact) mass is 457 g/mol. The minimum atomic E-state index is -0.285. The fourth-order valence-corrected chi connectivity index (χ4v) is 5.23. The Morgan fingerprint density at radius 3 is 2.42 bits per heavy atom. The molecule has 0 aliphatic carbocycles. The Morgan fingerprint density at radius 1 is 1.19 bits per heavy atom. The third-order valence-corrected chi connectivity index (χ3v) is 7.12. The lowest BCUT2D eigenvalue weighted by Crippen LogP contribution is -2.48. The van der Waals surface area contributed by atoms with Crippen molar-refractivity contribution in [3.63, 3.8) is 0 Å². The van der Waals surface area contributed by atoms with Crippen molar-refractivity contribution in [3.8, 4) is 6.07 Å². The summed E-state index contributed by atoms with van der Waals surface area (Å²) in [4.78, 5) is 32.5. The first-order chi connectivity index (χ1) is 14.9. The summed E-state index contributed by atoms with van der Waals surface area (Å²) in [5, 5.41) is 9.66. The molecule has 31 heavy (non-hydrogen) atoms. The molecule has 1 amide bonds. The van der Waals surface area contributed by atoms with E-state index in [0.717, 1.165) is 44.1 Å². The average molecular weight is 458 g/mol. The number of nitrogens with zero attached hydrogens (tertiary/aromatic N) is 5. The van der Waals surface area contributed by atoms with E-state index in [0.29, 0.717) is 27.9 Å². The lowest BCUT2D eigenvalue weighted by atomic mass is 10.0. The Balaban J connectivity index is 2.18. The molecule has 0 unspecified atom stereocenters. The van der Waals surface area contributed by atoms with E-state index < -0.39 is 0 Å². The van der Waals surface area contributed by atoms with Crippen molar-refractivity contribution in [2.24, 2.45) is 0 Å². The molecule has 0 N–H and O–H groups in total. The Labute approximate surface area is 192 Å². The maximum absolute atomic E-state index is 13.0. The molecule has 0 aromatic carbocycles. The molecule has 1 aromatic rings. The predicted molar refractivity (Wildman–Crippen MR) is 130 cm³/mol. The lowest BCUT2D eigenvalue weighted by Gasteiger charge is -2.37. The molecule has 1 aromatic heterocycles. The number of likely N-dealkylation sites (N-methyl/N-ethyl adjacent to an activating group) is 1. The number of piperazine rings is 1. The van der Waals surface area contributed by atoms with Gasteiger partial charge >= 0.3 is 0 Å². The molecule has 9 heteroatoms. The minimum absolute atomic E-state index is 0.116. The van der Waals surface area contributed by atoms with Crippen LogP contribution in [0.4, 0.5) is 5.82 Å². The van der Waals surface area contributed by atoms with Crippen LogP contribution in [0.15, 0.2) is 22.4 Å². The van der Waals surface area contributed by atoms with Crippen LogP contribution in [-0.4, -0.2) is 63.9 Å². The molecule has 0 radical (unpaired) electrons. The summed E-state index contributed by atoms with van der Waals surface area (Å²) >= 11 is 6.61. The quantitative estimate of drug-likeness (QED) is 0.369. The lowest BCUT2D eigenvalue weighted by molar-refractivity contribution is -0.121. The first-order valence-electron chi connectivity index (χ1n) is 10.4. The van der Waals surface area contributed by atoms with Gasteiger partial charge in [-0.2, -0.15) is 5.26 Å². The van der Waals surface area contributed by atoms with E-state index >= 15 is 0 Å². The van der Waals surface area contributed by atoms with Gasteiger partial charge in [-0.25, -0.2) is 0 Å². The van der Waals surface area contributed by atoms with Crippen LogP contribution in [-0.2, 0) is 11.3 Å². The molecule has 0 spiro atoms. The van der Waals surface area contributed by atoms with Crippen LogP contribution in [0.2, 0.25) is 0 Å². The Hall–Kier alpha value is -2.41. The summed E-state index contributed by atoms with van der Waals surface area (Å²) in [7, 11) is 0. The van der Waals surface area contributed by atoms with Crippen molar-refractivity contribution in [2.75, 3.05) is 44.2 Å². The highest BCUT2D eigenvalue weighted by atomic mass is 32.2. The van der Waals surface area contributed by atoms with E-state index in [9.17, 15) is 14.9 Å². The fraction of sp³-hybridized carbons (Fsp3) is 0.455. The standard InChI is InChI=1S/C22H27N5O2S2/c1-5-8-27-21(29)18(31-22(27)30)13-16-15(4)17(14-23)20(28)26(7-3)19(16)25-11-9-24(6-2)10-12-25/h5,13H,1,6-12H2,2-4H3/b18-13-. The zero-order valence-corrected chi connectivity index (χ0v) is 19.8. The molecule has 0 saturated carbocycles. The number of rotatable bonds is 6. The van der Waals surface area contributed by atoms with Gasteiger partial charge < -0.3 is 9.80 Å². The molecule has 0 bridgehead atoms. The van der Waals surface area contributed by atoms with Crippen molar-refractivity contribution in [3.05, 3.63) is 44.6 Å². The normalized spacial score (nSPS) is 18.7. The van der Waals surface area contributed by atoms with Crippen LogP contribution in [0.3, 0.4) is 0 Å². The average Bonchev–Trinajstić information content (AvgIpc) is 3.03. The SMILES string of the molecule is C=CCN1C(=O)/C(=C/c2c(C)c(C#N)c(=O)n(CC)c2N2CCN(CC)CC2)SC1=S. The molecule has 0 atom stereocenters. The van der Waals surface area contributed by atoms with Crippen LogP contribution in [0.25, 0.3) is 6.08 Å². The minimum Gasteiger partial charge on any atom is -0.355 e. The third kappa shape index (κ3) is 4.33. The van der Waals surface area contributed by atoms with Gasteiger partial charge in [-0.3, -0.25) is 19.1 Å². The van der Waals surface area contributed by atoms with Crippen LogP contribution in [0, 0.1) is 18.3 Å². The van der Waals surface area contributed by atoms with E-state index in [1.165, 1.54) is 16.7 Å². The second-order valence-corrected chi connectivity index (χ2v) is 9.08. The molecule has 2 fully saturated rings. The predicted octanol–water partition coefficient (Wildman–Crippen LogP) is 2.58. The summed E-state index contributed by atoms with van der Waals surface area (Å²) in [5.74, 6) is 0.595. The van der Waals surface area contributed by atoms with Gasteiger partial charge in [-0.1, -0.05) is 37.0 Å². The highest BCUT2D eigenvalue weighted by Gasteiger charge is 2.32. The number of anilines is 1. The second kappa shape index (κ2) is 9.81. The number of thiocarbonyl (C=S) groups is 1. The summed E-state index contributed by atoms with van der Waals surface area (Å²) in [6.45, 7) is 14.6. The molecule has 2 saturated heterocycles. The van der Waals surface area contributed by atoms with Crippen molar-refractivity contribution >= 4 is 46.1 Å². The first-order valence-corrected chi connectivity index (χ1v) is 11.6. The summed E-state index contributed by atoms with van der Waals surface area (Å²) in [6, 6.07) is 2.07. The van der Waals surface area contributed by atoms with E-state index in [4.69, 9.17) is 12.2 Å². The van der Waals surface area contributed by atoms with Crippen molar-refractivity contribution in [2.45, 2.75) is 27.3 Å². The van der Waals surface area contributed by atoms with Gasteiger partial charge in [0.1, 0.15) is 21.8 Å². The maximum atomic E-state index is 13.0. The van der Waals surface area contributed by atoms with Crippen LogP contribution >= 0.6 is 24.0 Å². The van der Waals surface area contributed by atoms with Crippen molar-refractivity contribution in [1.29, 1.82) is 5.26 Å². The molecule has 3 heterocycles. The largest absolute Gasteiger partial charge is 0.355 e. The van der Waals surface area contributed by atoms with Gasteiger partial charge in [0.2, 0.25) is 0 Å². The summed E-state index contributed by atoms with van der Waals surface area (Å²) in [6.07, 6.45) is 3.44. The second-order valence-electron chi connectivity index (χ2n) is 7.40. The smallest absolute Gasteiger partial charge is 0.270 e. The summed E-state index contributed by atoms with van der Waals surface area (Å²) in [5.41, 5.74) is 1.17. The van der Waals surface area contributed by atoms with Crippen molar-refractivity contribution in [1.82, 2.24) is 14.4 Å². The Kier molecular flexibility index (Phi) is 7.36. The fourth-order valence-electron chi connectivity index (χ4n) is 3.97. The molecular formula is C22H27N5O2S2. The number of pyridine rings is 1. The number of amides is 1. The molecule has 164 valence electrons. The number of aromatic nitrogens is 1. The van der Waals surface area contributed by atoms with Gasteiger partial charge in [0.15, 0.2) is 0 Å². The van der Waals surface area contributed by atoms with Crippen LogP contribution in [0.5, 0.6) is 0 Å². The number of carbonyl (C=O) groups excluding carboxylic acids is 1. The van der Waals surface area contributed by atoms with E-state index in [2.05, 4.69) is 29.4 Å². The number of carbonyl (C=O) groups is 1. The highest BCUT2D eigenvalue weighted by molar-refractivity contribution is 8.26. The summed E-state index contributed by atoms with van der Waals surface area (Å²) < 4.78 is 2.14. The van der Waals surface area contributed by atoms with Gasteiger partial charge in [0.25, 0.3) is 11.5 Å². The molecule has 2 aliphatic rings. The molecule has 3 rings (SSSR count). The van der Waals surface area contributed by atoms with Crippen LogP contribution in [0.1, 0.15) is 30.5 Å². The highest BCUT2D eigenvalue weighted by Crippen LogP contribution is 2.36. The Bertz CT molecular complexity index is 1050. The van der Waals surface area contributed by atoms with E-state index in [1.54, 1.807) is 23.6 Å². The number of nitriles is 1. The number of hydrogen-bond donors (Lipinski definition) is 0. The van der Waals surface area contributed by atoms with Gasteiger partial charge in [-0.15, -0.1) is 6.58 Å². The molecule has 2 aliphatic heterocycles. The van der Waals surface area contributed by atoms with Gasteiger partial charge in [0, 0.05) is 44.8 Å². The first kappa shape index (κ1) is 23.3. The van der Waals surface area contributed by atoms with Gasteiger partial charge in [0.05, 0.1) is 4.91 Å². The molecular weight excluding hydrogens is 430 g/mol. The zero-order chi connectivity index (χ0) is 22.7. The third-order valence-electron chi connectivity index (χ3n) is 5.74. The molecule has 7 nitrogen and oxygen atoms in total. The van der Waals surface area contributed by atoms with Crippen molar-refractivity contribution < 1.29 is 4.79 Å². The number of thioether (sulfide) groups is 1. The zero-order valence-electron chi connectivity index (χ0n) is 18.2. The van der Waals surface area contributed by atoms with E-state index in [1.807, 2.05) is 6.92 Å². The van der Waals surface area contributed by atoms with Gasteiger partial charge in [-0.05, 0) is 32.0 Å². The van der Waals surface area contributed by atoms with Crippen LogP contribution < -0.4 is 10.5 Å². The maximum Gasteiger partial charge on any atom is 0.270 e.